The summed E-state index contributed by atoms with van der Waals surface area (Å²) in [5, 5.41) is 5.84. The highest BCUT2D eigenvalue weighted by Gasteiger charge is 2.19. The Hall–Kier alpha value is -2.70. The van der Waals surface area contributed by atoms with E-state index in [2.05, 4.69) is 70.3 Å². The quantitative estimate of drug-likeness (QED) is 0.655. The average Bonchev–Trinajstić information content (AvgIpc) is 3.22. The Morgan fingerprint density at radius 2 is 1.80 bits per heavy atom. The lowest BCUT2D eigenvalue weighted by molar-refractivity contribution is 0.0946. The number of nitrogens with zero attached hydrogens (tertiary/aromatic N) is 3. The van der Waals surface area contributed by atoms with Gasteiger partial charge in [0, 0.05) is 43.8 Å². The first-order chi connectivity index (χ1) is 14.6. The number of benzene rings is 2. The van der Waals surface area contributed by atoms with Crippen molar-refractivity contribution in [3.8, 4) is 0 Å². The van der Waals surface area contributed by atoms with Gasteiger partial charge >= 0.3 is 0 Å². The van der Waals surface area contributed by atoms with Crippen LogP contribution in [0.4, 0.5) is 5.69 Å². The van der Waals surface area contributed by atoms with Crippen molar-refractivity contribution in [2.24, 2.45) is 0 Å². The molecular weight excluding hydrogens is 392 g/mol. The van der Waals surface area contributed by atoms with Gasteiger partial charge in [0.25, 0.3) is 5.91 Å². The number of amides is 1. The Morgan fingerprint density at radius 3 is 2.53 bits per heavy atom. The lowest BCUT2D eigenvalue weighted by Gasteiger charge is -2.35. The maximum atomic E-state index is 12.4. The molecule has 3 aromatic rings. The van der Waals surface area contributed by atoms with E-state index in [9.17, 15) is 4.79 Å². The summed E-state index contributed by atoms with van der Waals surface area (Å²) in [7, 11) is 0. The van der Waals surface area contributed by atoms with Crippen molar-refractivity contribution >= 4 is 22.9 Å². The van der Waals surface area contributed by atoms with Crippen molar-refractivity contribution in [2.75, 3.05) is 31.1 Å². The lowest BCUT2D eigenvalue weighted by Crippen LogP contribution is -2.45. The van der Waals surface area contributed by atoms with Crippen LogP contribution in [0, 0.1) is 13.8 Å². The molecular formula is C24H28N4OS. The number of piperazine rings is 1. The van der Waals surface area contributed by atoms with Gasteiger partial charge < -0.3 is 10.2 Å². The van der Waals surface area contributed by atoms with Gasteiger partial charge in [0.2, 0.25) is 0 Å². The first kappa shape index (κ1) is 20.6. The van der Waals surface area contributed by atoms with Crippen LogP contribution in [-0.2, 0) is 13.1 Å². The van der Waals surface area contributed by atoms with Crippen molar-refractivity contribution in [3.05, 3.63) is 81.3 Å². The molecule has 1 saturated heterocycles. The Bertz CT molecular complexity index is 990. The molecule has 0 atom stereocenters. The molecule has 6 heteroatoms. The summed E-state index contributed by atoms with van der Waals surface area (Å²) >= 11 is 1.57. The molecule has 156 valence electrons. The van der Waals surface area contributed by atoms with E-state index in [-0.39, 0.29) is 5.91 Å². The summed E-state index contributed by atoms with van der Waals surface area (Å²) in [5.41, 5.74) is 5.40. The van der Waals surface area contributed by atoms with E-state index in [1.54, 1.807) is 11.3 Å². The third-order valence-electron chi connectivity index (χ3n) is 5.45. The number of aryl methyl sites for hydroxylation is 2. The topological polar surface area (TPSA) is 48.5 Å². The molecule has 0 spiro atoms. The normalized spacial score (nSPS) is 14.7. The van der Waals surface area contributed by atoms with E-state index in [0.717, 1.165) is 43.3 Å². The molecule has 0 radical (unpaired) electrons. The van der Waals surface area contributed by atoms with Gasteiger partial charge in [-0.1, -0.05) is 47.5 Å². The fraction of sp³-hybridized carbons (Fsp3) is 0.333. The predicted octanol–water partition coefficient (Wildman–Crippen LogP) is 4.01. The molecule has 2 aromatic carbocycles. The zero-order valence-corrected chi connectivity index (χ0v) is 18.4. The molecule has 1 amide bonds. The molecule has 2 heterocycles. The Balaban J connectivity index is 1.26. The molecule has 1 aliphatic heterocycles. The molecule has 5 nitrogen and oxygen atoms in total. The van der Waals surface area contributed by atoms with Crippen LogP contribution in [0.3, 0.4) is 0 Å². The Morgan fingerprint density at radius 1 is 1.03 bits per heavy atom. The first-order valence-electron chi connectivity index (χ1n) is 10.4. The molecule has 0 unspecified atom stereocenters. The molecule has 1 aromatic heterocycles. The monoisotopic (exact) mass is 420 g/mol. The van der Waals surface area contributed by atoms with Crippen LogP contribution >= 0.6 is 11.3 Å². The summed E-state index contributed by atoms with van der Waals surface area (Å²) < 4.78 is 0. The molecule has 0 aliphatic carbocycles. The van der Waals surface area contributed by atoms with E-state index in [1.165, 1.54) is 16.8 Å². The molecule has 30 heavy (non-hydrogen) atoms. The number of anilines is 1. The minimum Gasteiger partial charge on any atom is -0.369 e. The summed E-state index contributed by atoms with van der Waals surface area (Å²) in [4.78, 5) is 21.9. The summed E-state index contributed by atoms with van der Waals surface area (Å²) in [5.74, 6) is -0.108. The second-order valence-electron chi connectivity index (χ2n) is 7.90. The van der Waals surface area contributed by atoms with Gasteiger partial charge in [-0.2, -0.15) is 0 Å². The van der Waals surface area contributed by atoms with Crippen molar-refractivity contribution in [3.63, 3.8) is 0 Å². The Labute approximate surface area is 182 Å². The fourth-order valence-electron chi connectivity index (χ4n) is 3.69. The van der Waals surface area contributed by atoms with Crippen LogP contribution < -0.4 is 10.2 Å². The minimum atomic E-state index is -0.108. The second kappa shape index (κ2) is 9.41. The van der Waals surface area contributed by atoms with E-state index in [1.807, 2.05) is 17.5 Å². The van der Waals surface area contributed by atoms with Crippen molar-refractivity contribution < 1.29 is 4.79 Å². The van der Waals surface area contributed by atoms with Crippen LogP contribution in [0.25, 0.3) is 0 Å². The molecule has 1 N–H and O–H groups in total. The zero-order valence-electron chi connectivity index (χ0n) is 17.6. The van der Waals surface area contributed by atoms with E-state index < -0.39 is 0 Å². The number of nitrogens with one attached hydrogen (secondary N) is 1. The number of rotatable bonds is 6. The number of hydrogen-bond acceptors (Lipinski definition) is 5. The second-order valence-corrected chi connectivity index (χ2v) is 8.84. The molecule has 0 bridgehead atoms. The first-order valence-corrected chi connectivity index (χ1v) is 11.3. The third-order valence-corrected chi connectivity index (χ3v) is 6.28. The maximum absolute atomic E-state index is 12.4. The highest BCUT2D eigenvalue weighted by atomic mass is 32.1. The molecule has 1 fully saturated rings. The largest absolute Gasteiger partial charge is 0.369 e. The summed E-state index contributed by atoms with van der Waals surface area (Å²) in [6, 6.07) is 16.9. The van der Waals surface area contributed by atoms with Crippen LogP contribution in [-0.4, -0.2) is 42.0 Å². The molecule has 0 saturated carbocycles. The average molecular weight is 421 g/mol. The Kier molecular flexibility index (Phi) is 6.45. The number of thiazole rings is 1. The maximum Gasteiger partial charge on any atom is 0.271 e. The third kappa shape index (κ3) is 5.26. The standard InChI is InChI=1S/C24H28N4OS/c1-18-6-8-21(9-7-18)28-12-10-27(11-13-28)16-23-26-22(17-30-23)24(29)25-15-20-5-3-4-19(2)14-20/h3-9,14,17H,10-13,15-16H2,1-2H3,(H,25,29). The van der Waals surface area contributed by atoms with Crippen molar-refractivity contribution in [2.45, 2.75) is 26.9 Å². The van der Waals surface area contributed by atoms with Gasteiger partial charge in [0.05, 0.1) is 6.54 Å². The van der Waals surface area contributed by atoms with Gasteiger partial charge in [-0.15, -0.1) is 11.3 Å². The van der Waals surface area contributed by atoms with Crippen LogP contribution in [0.2, 0.25) is 0 Å². The lowest BCUT2D eigenvalue weighted by atomic mass is 10.1. The van der Waals surface area contributed by atoms with E-state index in [4.69, 9.17) is 0 Å². The minimum absolute atomic E-state index is 0.108. The highest BCUT2D eigenvalue weighted by Crippen LogP contribution is 2.19. The molecule has 4 rings (SSSR count). The van der Waals surface area contributed by atoms with Crippen molar-refractivity contribution in [1.29, 1.82) is 0 Å². The van der Waals surface area contributed by atoms with Gasteiger partial charge in [-0.05, 0) is 31.5 Å². The van der Waals surface area contributed by atoms with Gasteiger partial charge in [-0.3, -0.25) is 9.69 Å². The summed E-state index contributed by atoms with van der Waals surface area (Å²) in [6.45, 7) is 9.53. The van der Waals surface area contributed by atoms with Crippen LogP contribution in [0.5, 0.6) is 0 Å². The SMILES string of the molecule is Cc1ccc(N2CCN(Cc3nc(C(=O)NCc4cccc(C)c4)cs3)CC2)cc1. The fourth-order valence-corrected chi connectivity index (χ4v) is 4.51. The van der Waals surface area contributed by atoms with E-state index >= 15 is 0 Å². The van der Waals surface area contributed by atoms with Crippen LogP contribution in [0.15, 0.2) is 53.9 Å². The van der Waals surface area contributed by atoms with E-state index in [0.29, 0.717) is 12.2 Å². The molecule has 1 aliphatic rings. The van der Waals surface area contributed by atoms with Gasteiger partial charge in [0.15, 0.2) is 0 Å². The van der Waals surface area contributed by atoms with Crippen molar-refractivity contribution in [1.82, 2.24) is 15.2 Å². The van der Waals surface area contributed by atoms with Gasteiger partial charge in [-0.25, -0.2) is 4.98 Å². The van der Waals surface area contributed by atoms with Crippen LogP contribution in [0.1, 0.15) is 32.2 Å². The number of carbonyl (C=O) groups is 1. The number of carbonyl (C=O) groups excluding carboxylic acids is 1. The number of hydrogen-bond donors (Lipinski definition) is 1. The number of aromatic nitrogens is 1. The predicted molar refractivity (Wildman–Crippen MR) is 123 cm³/mol. The zero-order chi connectivity index (χ0) is 20.9. The summed E-state index contributed by atoms with van der Waals surface area (Å²) in [6.07, 6.45) is 0. The smallest absolute Gasteiger partial charge is 0.271 e. The van der Waals surface area contributed by atoms with Gasteiger partial charge in [0.1, 0.15) is 10.7 Å². The highest BCUT2D eigenvalue weighted by molar-refractivity contribution is 7.09.